The molecule has 0 fully saturated rings. The van der Waals surface area contributed by atoms with Crippen LogP contribution in [0.2, 0.25) is 0 Å². The summed E-state index contributed by atoms with van der Waals surface area (Å²) in [6.07, 6.45) is 0.925. The molecule has 1 aromatic heterocycles. The molecule has 1 aromatic carbocycles. The number of benzene rings is 1. The normalized spacial score (nSPS) is 10.8. The summed E-state index contributed by atoms with van der Waals surface area (Å²) in [5.41, 5.74) is 9.35. The lowest BCUT2D eigenvalue weighted by atomic mass is 10.1. The molecule has 0 aliphatic carbocycles. The van der Waals surface area contributed by atoms with Crippen molar-refractivity contribution in [3.8, 4) is 0 Å². The predicted molar refractivity (Wildman–Crippen MR) is 74.9 cm³/mol. The summed E-state index contributed by atoms with van der Waals surface area (Å²) in [7, 11) is 0. The monoisotopic (exact) mass is 264 g/mol. The minimum absolute atomic E-state index is 0.688. The number of aryl methyl sites for hydroxylation is 2. The minimum atomic E-state index is 0.688. The van der Waals surface area contributed by atoms with Gasteiger partial charge in [-0.3, -0.25) is 0 Å². The van der Waals surface area contributed by atoms with Gasteiger partial charge in [-0.05, 0) is 38.4 Å². The van der Waals surface area contributed by atoms with Crippen LogP contribution in [0, 0.1) is 13.8 Å². The van der Waals surface area contributed by atoms with Crippen LogP contribution in [-0.4, -0.2) is 11.5 Å². The maximum absolute atomic E-state index is 5.65. The van der Waals surface area contributed by atoms with Crippen LogP contribution in [-0.2, 0) is 6.42 Å². The van der Waals surface area contributed by atoms with Crippen LogP contribution < -0.4 is 5.73 Å². The van der Waals surface area contributed by atoms with Crippen molar-refractivity contribution in [2.24, 2.45) is 5.73 Å². The van der Waals surface area contributed by atoms with Gasteiger partial charge in [-0.1, -0.05) is 29.5 Å². The van der Waals surface area contributed by atoms with Gasteiger partial charge in [0.25, 0.3) is 0 Å². The van der Waals surface area contributed by atoms with E-state index in [1.807, 2.05) is 6.92 Å². The lowest BCUT2D eigenvalue weighted by Gasteiger charge is -2.07. The quantitative estimate of drug-likeness (QED) is 0.919. The highest BCUT2D eigenvalue weighted by Crippen LogP contribution is 2.33. The number of rotatable bonds is 4. The van der Waals surface area contributed by atoms with Crippen LogP contribution in [0.5, 0.6) is 0 Å². The molecule has 0 saturated heterocycles. The number of nitrogens with zero attached hydrogens (tertiary/aromatic N) is 1. The highest BCUT2D eigenvalue weighted by Gasteiger charge is 2.07. The molecule has 4 heteroatoms. The third kappa shape index (κ3) is 3.31. The van der Waals surface area contributed by atoms with Gasteiger partial charge in [-0.2, -0.15) is 0 Å². The Morgan fingerprint density at radius 3 is 2.82 bits per heavy atom. The van der Waals surface area contributed by atoms with Crippen molar-refractivity contribution in [1.29, 1.82) is 0 Å². The predicted octanol–water partition coefficient (Wildman–Crippen LogP) is 3.41. The Labute approximate surface area is 110 Å². The van der Waals surface area contributed by atoms with Crippen molar-refractivity contribution in [3.05, 3.63) is 40.4 Å². The van der Waals surface area contributed by atoms with Gasteiger partial charge in [-0.15, -0.1) is 11.3 Å². The van der Waals surface area contributed by atoms with E-state index in [1.54, 1.807) is 23.1 Å². The van der Waals surface area contributed by atoms with Crippen LogP contribution in [0.25, 0.3) is 0 Å². The molecule has 0 aliphatic rings. The van der Waals surface area contributed by atoms with E-state index in [4.69, 9.17) is 5.73 Å². The summed E-state index contributed by atoms with van der Waals surface area (Å²) >= 11 is 3.43. The highest BCUT2D eigenvalue weighted by molar-refractivity contribution is 8.01. The molecule has 0 bridgehead atoms. The molecule has 0 aliphatic heterocycles. The lowest BCUT2D eigenvalue weighted by molar-refractivity contribution is 0.941. The SMILES string of the molecule is Cc1ccc(Sc2nc(C)cs2)c(CCN)c1. The van der Waals surface area contributed by atoms with E-state index in [-0.39, 0.29) is 0 Å². The zero-order chi connectivity index (χ0) is 12.3. The number of thiazole rings is 1. The Morgan fingerprint density at radius 2 is 2.18 bits per heavy atom. The van der Waals surface area contributed by atoms with E-state index >= 15 is 0 Å². The van der Waals surface area contributed by atoms with Crippen LogP contribution in [0.3, 0.4) is 0 Å². The number of nitrogens with two attached hydrogens (primary N) is 1. The summed E-state index contributed by atoms with van der Waals surface area (Å²) < 4.78 is 1.10. The van der Waals surface area contributed by atoms with Gasteiger partial charge >= 0.3 is 0 Å². The largest absolute Gasteiger partial charge is 0.330 e. The average Bonchev–Trinajstić information content (AvgIpc) is 2.69. The maximum Gasteiger partial charge on any atom is 0.154 e. The Kier molecular flexibility index (Phi) is 4.20. The van der Waals surface area contributed by atoms with Gasteiger partial charge in [0.2, 0.25) is 0 Å². The number of hydrogen-bond acceptors (Lipinski definition) is 4. The third-order valence-electron chi connectivity index (χ3n) is 2.42. The lowest BCUT2D eigenvalue weighted by Crippen LogP contribution is -2.03. The molecule has 2 rings (SSSR count). The zero-order valence-electron chi connectivity index (χ0n) is 10.1. The number of aromatic nitrogens is 1. The first-order valence-electron chi connectivity index (χ1n) is 5.58. The van der Waals surface area contributed by atoms with Crippen LogP contribution >= 0.6 is 23.1 Å². The molecule has 0 radical (unpaired) electrons. The fourth-order valence-corrected chi connectivity index (χ4v) is 3.56. The summed E-state index contributed by atoms with van der Waals surface area (Å²) in [4.78, 5) is 5.75. The number of hydrogen-bond donors (Lipinski definition) is 1. The van der Waals surface area contributed by atoms with Gasteiger partial charge in [0.15, 0.2) is 4.34 Å². The Balaban J connectivity index is 2.25. The first-order valence-corrected chi connectivity index (χ1v) is 7.28. The van der Waals surface area contributed by atoms with E-state index in [1.165, 1.54) is 16.0 Å². The van der Waals surface area contributed by atoms with Crippen molar-refractivity contribution >= 4 is 23.1 Å². The molecular weight excluding hydrogens is 248 g/mol. The molecular formula is C13H16N2S2. The van der Waals surface area contributed by atoms with E-state index in [9.17, 15) is 0 Å². The molecule has 0 amide bonds. The summed E-state index contributed by atoms with van der Waals surface area (Å²) in [5.74, 6) is 0. The molecule has 0 saturated carbocycles. The molecule has 2 nitrogen and oxygen atoms in total. The molecule has 17 heavy (non-hydrogen) atoms. The van der Waals surface area contributed by atoms with Crippen LogP contribution in [0.4, 0.5) is 0 Å². The molecule has 2 N–H and O–H groups in total. The van der Waals surface area contributed by atoms with E-state index in [0.717, 1.165) is 16.5 Å². The van der Waals surface area contributed by atoms with Gasteiger partial charge < -0.3 is 5.73 Å². The summed E-state index contributed by atoms with van der Waals surface area (Å²) in [5, 5.41) is 2.08. The Bertz CT molecular complexity index is 506. The Hall–Kier alpha value is -0.840. The molecule has 0 atom stereocenters. The van der Waals surface area contributed by atoms with Crippen molar-refractivity contribution in [3.63, 3.8) is 0 Å². The van der Waals surface area contributed by atoms with Gasteiger partial charge in [0.05, 0.1) is 0 Å². The van der Waals surface area contributed by atoms with Crippen molar-refractivity contribution in [1.82, 2.24) is 4.98 Å². The maximum atomic E-state index is 5.65. The smallest absolute Gasteiger partial charge is 0.154 e. The van der Waals surface area contributed by atoms with Crippen LogP contribution in [0.15, 0.2) is 32.8 Å². The zero-order valence-corrected chi connectivity index (χ0v) is 11.7. The molecule has 2 aromatic rings. The van der Waals surface area contributed by atoms with Crippen LogP contribution in [0.1, 0.15) is 16.8 Å². The second-order valence-electron chi connectivity index (χ2n) is 4.01. The van der Waals surface area contributed by atoms with Gasteiger partial charge in [0, 0.05) is 16.0 Å². The highest BCUT2D eigenvalue weighted by atomic mass is 32.2. The van der Waals surface area contributed by atoms with E-state index < -0.39 is 0 Å². The third-order valence-corrected chi connectivity index (χ3v) is 4.60. The first-order chi connectivity index (χ1) is 8.19. The second-order valence-corrected chi connectivity index (χ2v) is 6.15. The standard InChI is InChI=1S/C13H16N2S2/c1-9-3-4-12(11(7-9)5-6-14)17-13-15-10(2)8-16-13/h3-4,7-8H,5-6,14H2,1-2H3. The summed E-state index contributed by atoms with van der Waals surface area (Å²) in [6, 6.07) is 6.53. The fourth-order valence-electron chi connectivity index (χ4n) is 1.63. The van der Waals surface area contributed by atoms with Gasteiger partial charge in [0.1, 0.15) is 0 Å². The molecule has 1 heterocycles. The van der Waals surface area contributed by atoms with Crippen molar-refractivity contribution in [2.45, 2.75) is 29.5 Å². The van der Waals surface area contributed by atoms with Crippen molar-refractivity contribution < 1.29 is 0 Å². The molecule has 0 spiro atoms. The minimum Gasteiger partial charge on any atom is -0.330 e. The van der Waals surface area contributed by atoms with E-state index in [2.05, 4.69) is 35.5 Å². The molecule has 90 valence electrons. The van der Waals surface area contributed by atoms with Gasteiger partial charge in [-0.25, -0.2) is 4.98 Å². The first kappa shape index (κ1) is 12.6. The topological polar surface area (TPSA) is 38.9 Å². The summed E-state index contributed by atoms with van der Waals surface area (Å²) in [6.45, 7) is 4.83. The second kappa shape index (κ2) is 5.67. The fraction of sp³-hybridized carbons (Fsp3) is 0.308. The average molecular weight is 264 g/mol. The van der Waals surface area contributed by atoms with E-state index in [0.29, 0.717) is 6.54 Å². The molecule has 0 unspecified atom stereocenters. The Morgan fingerprint density at radius 1 is 1.35 bits per heavy atom. The van der Waals surface area contributed by atoms with Crippen molar-refractivity contribution in [2.75, 3.05) is 6.54 Å².